The number of fused-ring (bicyclic) bond motifs is 11. The van der Waals surface area contributed by atoms with E-state index in [1.54, 1.807) is 0 Å². The van der Waals surface area contributed by atoms with Crippen molar-refractivity contribution in [3.8, 4) is 0 Å². The maximum atomic E-state index is 12.6. The van der Waals surface area contributed by atoms with Gasteiger partial charge in [0.15, 0.2) is 0 Å². The molecule has 2 saturated carbocycles. The lowest BCUT2D eigenvalue weighted by Crippen LogP contribution is -2.32. The summed E-state index contributed by atoms with van der Waals surface area (Å²) in [5, 5.41) is 4.32. The molecule has 8 atom stereocenters. The molecule has 9 rings (SSSR count). The number of aryl methyl sites for hydroxylation is 1. The number of nitrogens with zero attached hydrogens (tertiary/aromatic N) is 2. The van der Waals surface area contributed by atoms with Crippen molar-refractivity contribution in [2.24, 2.45) is 47.3 Å². The highest BCUT2D eigenvalue weighted by molar-refractivity contribution is 6.06. The minimum Gasteiger partial charge on any atom is -0.272 e. The van der Waals surface area contributed by atoms with Crippen molar-refractivity contribution in [3.63, 3.8) is 0 Å². The zero-order valence-electron chi connectivity index (χ0n) is 25.0. The summed E-state index contributed by atoms with van der Waals surface area (Å²) < 4.78 is 0. The van der Waals surface area contributed by atoms with Gasteiger partial charge in [-0.15, -0.1) is 0 Å². The Morgan fingerprint density at radius 1 is 0.556 bits per heavy atom. The van der Waals surface area contributed by atoms with E-state index in [2.05, 4.69) is 30.4 Å². The van der Waals surface area contributed by atoms with Gasteiger partial charge in [0.25, 0.3) is 23.6 Å². The zero-order chi connectivity index (χ0) is 30.8. The summed E-state index contributed by atoms with van der Waals surface area (Å²) in [5.74, 6) is -0.553. The molecule has 3 aromatic carbocycles. The second kappa shape index (κ2) is 10.9. The molecule has 2 saturated heterocycles. The van der Waals surface area contributed by atoms with Crippen LogP contribution < -0.4 is 0 Å². The van der Waals surface area contributed by atoms with E-state index in [1.165, 1.54) is 5.56 Å². The van der Waals surface area contributed by atoms with E-state index in [0.29, 0.717) is 0 Å². The van der Waals surface area contributed by atoms with Crippen LogP contribution in [0.1, 0.15) is 29.5 Å². The third-order valence-corrected chi connectivity index (χ3v) is 10.5. The Morgan fingerprint density at radius 3 is 1.47 bits per heavy atom. The largest absolute Gasteiger partial charge is 0.272 e. The molecule has 4 amide bonds. The van der Waals surface area contributed by atoms with Crippen LogP contribution in [-0.2, 0) is 42.1 Å². The monoisotopic (exact) mass is 602 g/mol. The maximum absolute atomic E-state index is 12.6. The van der Waals surface area contributed by atoms with Crippen LogP contribution in [0.25, 0.3) is 10.8 Å². The summed E-state index contributed by atoms with van der Waals surface area (Å²) in [7, 11) is 0. The third-order valence-electron chi connectivity index (χ3n) is 10.5. The fourth-order valence-corrected chi connectivity index (χ4v) is 8.30. The van der Waals surface area contributed by atoms with Gasteiger partial charge in [0, 0.05) is 0 Å². The molecule has 8 unspecified atom stereocenters. The molecule has 45 heavy (non-hydrogen) atoms. The summed E-state index contributed by atoms with van der Waals surface area (Å²) in [5.41, 5.74) is 3.08. The number of hydroxylamine groups is 4. The number of benzene rings is 3. The van der Waals surface area contributed by atoms with E-state index in [9.17, 15) is 19.2 Å². The van der Waals surface area contributed by atoms with Crippen LogP contribution in [0.5, 0.6) is 0 Å². The van der Waals surface area contributed by atoms with Gasteiger partial charge in [-0.2, -0.15) is 10.1 Å². The molecule has 0 radical (unpaired) electrons. The first-order chi connectivity index (χ1) is 21.9. The van der Waals surface area contributed by atoms with Gasteiger partial charge in [-0.3, -0.25) is 28.9 Å². The molecule has 3 aromatic rings. The molecule has 0 N–H and O–H groups in total. The van der Waals surface area contributed by atoms with Gasteiger partial charge in [-0.05, 0) is 71.4 Å². The summed E-state index contributed by atoms with van der Waals surface area (Å²) in [6, 6.07) is 22.0. The quantitative estimate of drug-likeness (QED) is 0.281. The summed E-state index contributed by atoms with van der Waals surface area (Å²) >= 11 is 0. The standard InChI is InChI=1S/C20H17NO3.C17H17NO3/c22-19-17-15-7-8-16(10-15)18(17)20(23)21(19)24-11-12-5-6-13-3-1-2-4-14(13)9-12;1-10-2-4-11(5-3-10)9-21-18-16(19)14-12-6-7-13(8-12)15(14)17(18)20/h1-9,15-18H,10-11H2;2-7,12-15H,8-9H2,1H3. The first-order valence-electron chi connectivity index (χ1n) is 15.8. The lowest BCUT2D eigenvalue weighted by molar-refractivity contribution is -0.194. The van der Waals surface area contributed by atoms with Crippen LogP contribution >= 0.6 is 0 Å². The second-order valence-electron chi connectivity index (χ2n) is 13.2. The molecular formula is C37H34N2O6. The topological polar surface area (TPSA) is 93.2 Å². The van der Waals surface area contributed by atoms with E-state index >= 15 is 0 Å². The van der Waals surface area contributed by atoms with Gasteiger partial charge < -0.3 is 0 Å². The van der Waals surface area contributed by atoms with Gasteiger partial charge in [-0.25, -0.2) is 0 Å². The van der Waals surface area contributed by atoms with Crippen molar-refractivity contribution < 1.29 is 28.9 Å². The number of allylic oxidation sites excluding steroid dienone is 4. The predicted molar refractivity (Wildman–Crippen MR) is 164 cm³/mol. The number of hydrogen-bond donors (Lipinski definition) is 0. The van der Waals surface area contributed by atoms with Crippen LogP contribution in [-0.4, -0.2) is 33.8 Å². The van der Waals surface area contributed by atoms with E-state index in [1.807, 2.05) is 67.6 Å². The SMILES string of the molecule is Cc1ccc(CON2C(=O)C3C4C=CC(C4)C3C2=O)cc1.O=C1C2C3C=CC(C3)C2C(=O)N1OCc1ccc2ccccc2c1. The third kappa shape index (κ3) is 4.66. The van der Waals surface area contributed by atoms with Crippen molar-refractivity contribution in [1.82, 2.24) is 10.1 Å². The number of hydrogen-bond acceptors (Lipinski definition) is 6. The molecule has 8 nitrogen and oxygen atoms in total. The highest BCUT2D eigenvalue weighted by Crippen LogP contribution is 2.53. The first kappa shape index (κ1) is 28.1. The Morgan fingerprint density at radius 2 is 0.978 bits per heavy atom. The smallest absolute Gasteiger partial charge is 0.258 e. The average molecular weight is 603 g/mol. The number of carbonyl (C=O) groups excluding carboxylic acids is 4. The summed E-state index contributed by atoms with van der Waals surface area (Å²) in [6.07, 6.45) is 10.2. The minimum atomic E-state index is -0.205. The molecule has 8 heteroatoms. The molecule has 4 fully saturated rings. The molecule has 4 aliphatic carbocycles. The van der Waals surface area contributed by atoms with Gasteiger partial charge in [-0.1, -0.05) is 90.5 Å². The van der Waals surface area contributed by atoms with Gasteiger partial charge in [0.2, 0.25) is 0 Å². The van der Waals surface area contributed by atoms with Crippen molar-refractivity contribution in [2.75, 3.05) is 0 Å². The first-order valence-corrected chi connectivity index (χ1v) is 15.8. The number of rotatable bonds is 6. The zero-order valence-corrected chi connectivity index (χ0v) is 25.0. The number of carbonyl (C=O) groups is 4. The molecule has 228 valence electrons. The number of imide groups is 2. The fraction of sp³-hybridized carbons (Fsp3) is 0.351. The minimum absolute atomic E-state index is 0.158. The van der Waals surface area contributed by atoms with Gasteiger partial charge >= 0.3 is 0 Å². The van der Waals surface area contributed by atoms with Crippen LogP contribution in [0, 0.1) is 54.3 Å². The van der Waals surface area contributed by atoms with Crippen LogP contribution in [0.4, 0.5) is 0 Å². The van der Waals surface area contributed by atoms with Crippen molar-refractivity contribution in [1.29, 1.82) is 0 Å². The van der Waals surface area contributed by atoms with Gasteiger partial charge in [0.05, 0.1) is 23.7 Å². The molecule has 0 spiro atoms. The van der Waals surface area contributed by atoms with E-state index in [4.69, 9.17) is 9.68 Å². The van der Waals surface area contributed by atoms with Crippen molar-refractivity contribution in [3.05, 3.63) is 108 Å². The summed E-state index contributed by atoms with van der Waals surface area (Å²) in [4.78, 5) is 61.1. The van der Waals surface area contributed by atoms with Crippen molar-refractivity contribution in [2.45, 2.75) is 33.0 Å². The van der Waals surface area contributed by atoms with Crippen LogP contribution in [0.15, 0.2) is 91.0 Å². The Labute approximate surface area is 261 Å². The highest BCUT2D eigenvalue weighted by Gasteiger charge is 2.61. The van der Waals surface area contributed by atoms with Crippen LogP contribution in [0.2, 0.25) is 0 Å². The lowest BCUT2D eigenvalue weighted by atomic mass is 9.85. The Kier molecular flexibility index (Phi) is 6.80. The molecular weight excluding hydrogens is 568 g/mol. The van der Waals surface area contributed by atoms with E-state index in [0.717, 1.165) is 44.9 Å². The predicted octanol–water partition coefficient (Wildman–Crippen LogP) is 5.31. The number of amides is 4. The fourth-order valence-electron chi connectivity index (χ4n) is 8.30. The molecule has 6 aliphatic rings. The maximum Gasteiger partial charge on any atom is 0.258 e. The van der Waals surface area contributed by atoms with E-state index < -0.39 is 0 Å². The highest BCUT2D eigenvalue weighted by atomic mass is 16.7. The molecule has 4 bridgehead atoms. The van der Waals surface area contributed by atoms with E-state index in [-0.39, 0.29) is 84.2 Å². The normalized spacial score (nSPS) is 31.8. The van der Waals surface area contributed by atoms with Crippen LogP contribution in [0.3, 0.4) is 0 Å². The molecule has 2 heterocycles. The Bertz CT molecular complexity index is 1720. The molecule has 2 aliphatic heterocycles. The van der Waals surface area contributed by atoms with Gasteiger partial charge in [0.1, 0.15) is 13.2 Å². The Balaban J connectivity index is 0.000000135. The second-order valence-corrected chi connectivity index (χ2v) is 13.2. The average Bonchev–Trinajstić information content (AvgIpc) is 3.91. The Hall–Kier alpha value is -4.40. The molecule has 0 aromatic heterocycles. The summed E-state index contributed by atoms with van der Waals surface area (Å²) in [6.45, 7) is 2.49. The van der Waals surface area contributed by atoms with Crippen molar-refractivity contribution >= 4 is 34.4 Å². The lowest BCUT2D eigenvalue weighted by Gasteiger charge is -2.16.